The first-order valence-corrected chi connectivity index (χ1v) is 10.0. The quantitative estimate of drug-likeness (QED) is 0.421. The Morgan fingerprint density at radius 3 is 2.55 bits per heavy atom. The van der Waals surface area contributed by atoms with Gasteiger partial charge in [-0.15, -0.1) is 0 Å². The maximum Gasteiger partial charge on any atom is 0.408 e. The molecule has 0 radical (unpaired) electrons. The molecule has 0 bridgehead atoms. The van der Waals surface area contributed by atoms with Crippen LogP contribution in [0.3, 0.4) is 0 Å². The summed E-state index contributed by atoms with van der Waals surface area (Å²) in [6.07, 6.45) is 0.305. The molecule has 0 spiro atoms. The molecule has 29 heavy (non-hydrogen) atoms. The summed E-state index contributed by atoms with van der Waals surface area (Å²) in [6.45, 7) is 13.2. The van der Waals surface area contributed by atoms with E-state index in [1.807, 2.05) is 65.8 Å². The highest BCUT2D eigenvalue weighted by molar-refractivity contribution is 5.80. The molecule has 0 fully saturated rings. The van der Waals surface area contributed by atoms with E-state index >= 15 is 0 Å². The second kappa shape index (κ2) is 9.62. The molecule has 2 aromatic rings. The van der Waals surface area contributed by atoms with E-state index in [4.69, 9.17) is 4.74 Å². The zero-order valence-electron chi connectivity index (χ0n) is 18.3. The summed E-state index contributed by atoms with van der Waals surface area (Å²) >= 11 is 0. The number of H-pyrrole nitrogens is 1. The van der Waals surface area contributed by atoms with Gasteiger partial charge < -0.3 is 25.7 Å². The highest BCUT2D eigenvalue weighted by Gasteiger charge is 2.24. The lowest BCUT2D eigenvalue weighted by molar-refractivity contribution is 0.0476. The fraction of sp³-hybridized carbons (Fsp3) is 0.571. The van der Waals surface area contributed by atoms with Gasteiger partial charge in [0, 0.05) is 19.5 Å². The number of benzene rings is 1. The Hall–Kier alpha value is -2.77. The van der Waals surface area contributed by atoms with E-state index < -0.39 is 17.2 Å². The average Bonchev–Trinajstić information content (AvgIpc) is 3.00. The number of guanidine groups is 1. The van der Waals surface area contributed by atoms with Crippen molar-refractivity contribution < 1.29 is 9.53 Å². The molecule has 0 atom stereocenters. The number of nitrogens with zero attached hydrogens (tertiary/aromatic N) is 2. The molecule has 8 heteroatoms. The van der Waals surface area contributed by atoms with Crippen LogP contribution < -0.4 is 16.0 Å². The summed E-state index contributed by atoms with van der Waals surface area (Å²) in [5, 5.41) is 9.40. The lowest BCUT2D eigenvalue weighted by atomic mass is 10.1. The molecule has 0 saturated carbocycles. The summed E-state index contributed by atoms with van der Waals surface area (Å²) in [4.78, 5) is 24.5. The SMILES string of the molecule is CCNC(=NCC(C)(C)NC(=O)OC(C)(C)C)NCCc1nc2ccccc2[nH]1. The van der Waals surface area contributed by atoms with Gasteiger partial charge in [0.1, 0.15) is 11.4 Å². The van der Waals surface area contributed by atoms with Gasteiger partial charge in [-0.1, -0.05) is 12.1 Å². The van der Waals surface area contributed by atoms with Crippen molar-refractivity contribution in [3.8, 4) is 0 Å². The fourth-order valence-electron chi connectivity index (χ4n) is 2.66. The summed E-state index contributed by atoms with van der Waals surface area (Å²) in [7, 11) is 0. The molecular formula is C21H34N6O2. The number of amides is 1. The first-order valence-electron chi connectivity index (χ1n) is 10.0. The number of carbonyl (C=O) groups excluding carboxylic acids is 1. The van der Waals surface area contributed by atoms with E-state index in [0.717, 1.165) is 29.8 Å². The third-order valence-corrected chi connectivity index (χ3v) is 3.91. The van der Waals surface area contributed by atoms with Crippen LogP contribution in [-0.4, -0.2) is 52.8 Å². The largest absolute Gasteiger partial charge is 0.444 e. The van der Waals surface area contributed by atoms with Gasteiger partial charge in [0.15, 0.2) is 5.96 Å². The van der Waals surface area contributed by atoms with Crippen molar-refractivity contribution in [1.29, 1.82) is 0 Å². The lowest BCUT2D eigenvalue weighted by Crippen LogP contribution is -2.49. The first-order chi connectivity index (χ1) is 13.6. The maximum absolute atomic E-state index is 12.0. The predicted molar refractivity (Wildman–Crippen MR) is 117 cm³/mol. The van der Waals surface area contributed by atoms with E-state index in [9.17, 15) is 4.79 Å². The number of para-hydroxylation sites is 2. The standard InChI is InChI=1S/C21H34N6O2/c1-7-22-18(24-14-21(5,6)27-19(28)29-20(2,3)4)23-13-12-17-25-15-10-8-9-11-16(15)26-17/h8-11H,7,12-14H2,1-6H3,(H,25,26)(H,27,28)(H2,22,23,24). The van der Waals surface area contributed by atoms with Crippen LogP contribution in [0.25, 0.3) is 11.0 Å². The number of fused-ring (bicyclic) bond motifs is 1. The van der Waals surface area contributed by atoms with E-state index in [1.165, 1.54) is 0 Å². The van der Waals surface area contributed by atoms with Crippen LogP contribution in [0, 0.1) is 0 Å². The lowest BCUT2D eigenvalue weighted by Gasteiger charge is -2.27. The van der Waals surface area contributed by atoms with Crippen LogP contribution in [0.15, 0.2) is 29.3 Å². The summed E-state index contributed by atoms with van der Waals surface area (Å²) in [5.74, 6) is 1.63. The van der Waals surface area contributed by atoms with Gasteiger partial charge in [-0.05, 0) is 53.7 Å². The third kappa shape index (κ3) is 8.01. The molecule has 1 aromatic heterocycles. The molecule has 1 heterocycles. The minimum absolute atomic E-state index is 0.409. The Morgan fingerprint density at radius 1 is 1.17 bits per heavy atom. The number of hydrogen-bond acceptors (Lipinski definition) is 4. The number of carbonyl (C=O) groups is 1. The van der Waals surface area contributed by atoms with Crippen molar-refractivity contribution in [1.82, 2.24) is 25.9 Å². The fourth-order valence-corrected chi connectivity index (χ4v) is 2.66. The topological polar surface area (TPSA) is 103 Å². The highest BCUT2D eigenvalue weighted by atomic mass is 16.6. The Morgan fingerprint density at radius 2 is 1.90 bits per heavy atom. The minimum Gasteiger partial charge on any atom is -0.444 e. The van der Waals surface area contributed by atoms with E-state index in [-0.39, 0.29) is 0 Å². The number of ether oxygens (including phenoxy) is 1. The second-order valence-electron chi connectivity index (χ2n) is 8.58. The van der Waals surface area contributed by atoms with E-state index in [0.29, 0.717) is 19.0 Å². The number of hydrogen-bond donors (Lipinski definition) is 4. The molecule has 1 amide bonds. The van der Waals surface area contributed by atoms with Crippen molar-refractivity contribution in [3.63, 3.8) is 0 Å². The Labute approximate surface area is 172 Å². The van der Waals surface area contributed by atoms with Gasteiger partial charge in [0.25, 0.3) is 0 Å². The zero-order chi connectivity index (χ0) is 21.5. The van der Waals surface area contributed by atoms with Crippen LogP contribution in [0.2, 0.25) is 0 Å². The van der Waals surface area contributed by atoms with Crippen LogP contribution in [0.1, 0.15) is 47.4 Å². The average molecular weight is 403 g/mol. The van der Waals surface area contributed by atoms with Gasteiger partial charge in [0.05, 0.1) is 23.1 Å². The highest BCUT2D eigenvalue weighted by Crippen LogP contribution is 2.11. The number of rotatable bonds is 7. The maximum atomic E-state index is 12.0. The van der Waals surface area contributed by atoms with Crippen molar-refractivity contribution >= 4 is 23.1 Å². The van der Waals surface area contributed by atoms with Gasteiger partial charge in [0.2, 0.25) is 0 Å². The minimum atomic E-state index is -0.538. The van der Waals surface area contributed by atoms with Crippen molar-refractivity contribution in [2.75, 3.05) is 19.6 Å². The number of aliphatic imine (C=N–C) groups is 1. The number of aromatic nitrogens is 2. The molecule has 0 aliphatic heterocycles. The van der Waals surface area contributed by atoms with E-state index in [2.05, 4.69) is 30.9 Å². The van der Waals surface area contributed by atoms with Gasteiger partial charge in [-0.25, -0.2) is 9.78 Å². The molecule has 0 aliphatic carbocycles. The Bertz CT molecular complexity index is 802. The number of imidazole rings is 1. The smallest absolute Gasteiger partial charge is 0.408 e. The number of nitrogens with one attached hydrogen (secondary N) is 4. The first kappa shape index (κ1) is 22.5. The predicted octanol–water partition coefficient (Wildman–Crippen LogP) is 2.96. The van der Waals surface area contributed by atoms with Crippen molar-refractivity contribution in [2.45, 2.75) is 59.1 Å². The molecule has 4 N–H and O–H groups in total. The zero-order valence-corrected chi connectivity index (χ0v) is 18.3. The van der Waals surface area contributed by atoms with Crippen molar-refractivity contribution in [2.24, 2.45) is 4.99 Å². The molecule has 0 saturated heterocycles. The van der Waals surface area contributed by atoms with Crippen LogP contribution >= 0.6 is 0 Å². The van der Waals surface area contributed by atoms with Crippen LogP contribution in [-0.2, 0) is 11.2 Å². The van der Waals surface area contributed by atoms with Gasteiger partial charge in [-0.2, -0.15) is 0 Å². The van der Waals surface area contributed by atoms with Gasteiger partial charge in [-0.3, -0.25) is 4.99 Å². The molecular weight excluding hydrogens is 368 g/mol. The second-order valence-corrected chi connectivity index (χ2v) is 8.58. The summed E-state index contributed by atoms with van der Waals surface area (Å²) in [6, 6.07) is 7.98. The van der Waals surface area contributed by atoms with Crippen LogP contribution in [0.4, 0.5) is 4.79 Å². The summed E-state index contributed by atoms with van der Waals surface area (Å²) in [5.41, 5.74) is 0.941. The van der Waals surface area contributed by atoms with Crippen molar-refractivity contribution in [3.05, 3.63) is 30.1 Å². The Balaban J connectivity index is 1.88. The molecule has 0 unspecified atom stereocenters. The molecule has 8 nitrogen and oxygen atoms in total. The third-order valence-electron chi connectivity index (χ3n) is 3.91. The van der Waals surface area contributed by atoms with Crippen LogP contribution in [0.5, 0.6) is 0 Å². The molecule has 0 aliphatic rings. The molecule has 1 aromatic carbocycles. The van der Waals surface area contributed by atoms with Gasteiger partial charge >= 0.3 is 6.09 Å². The Kier molecular flexibility index (Phi) is 7.47. The van der Waals surface area contributed by atoms with E-state index in [1.54, 1.807) is 0 Å². The normalized spacial score (nSPS) is 12.7. The summed E-state index contributed by atoms with van der Waals surface area (Å²) < 4.78 is 5.33. The molecule has 160 valence electrons. The number of aromatic amines is 1. The molecule has 2 rings (SSSR count). The monoisotopic (exact) mass is 402 g/mol. The number of alkyl carbamates (subject to hydrolysis) is 1.